The molecule has 9 heteroatoms. The average Bonchev–Trinajstić information content (AvgIpc) is 3.37. The third-order valence-electron chi connectivity index (χ3n) is 5.88. The van der Waals surface area contributed by atoms with Gasteiger partial charge in [-0.1, -0.05) is 54.1 Å². The van der Waals surface area contributed by atoms with E-state index in [0.29, 0.717) is 33.6 Å². The number of halogens is 1. The third-order valence-corrected chi connectivity index (χ3v) is 6.11. The highest BCUT2D eigenvalue weighted by Crippen LogP contribution is 2.46. The molecular formula is C26H19ClN4O4. The zero-order valence-corrected chi connectivity index (χ0v) is 19.0. The van der Waals surface area contributed by atoms with Crippen LogP contribution in [-0.2, 0) is 11.3 Å². The van der Waals surface area contributed by atoms with Crippen LogP contribution in [0.5, 0.6) is 5.88 Å². The quantitative estimate of drug-likeness (QED) is 0.100. The number of nitrogens with zero attached hydrogens (tertiary/aromatic N) is 2. The first-order chi connectivity index (χ1) is 17.0. The molecule has 35 heavy (non-hydrogen) atoms. The molecule has 8 nitrogen and oxygen atoms in total. The van der Waals surface area contributed by atoms with Crippen LogP contribution in [0.4, 0.5) is 5.69 Å². The number of nitrogens with one attached hydrogen (secondary N) is 2. The zero-order chi connectivity index (χ0) is 24.5. The fourth-order valence-electron chi connectivity index (χ4n) is 4.25. The molecule has 0 fully saturated rings. The lowest BCUT2D eigenvalue weighted by Crippen LogP contribution is -2.14. The summed E-state index contributed by atoms with van der Waals surface area (Å²) in [5.41, 5.74) is 5.77. The van der Waals surface area contributed by atoms with Gasteiger partial charge in [0.05, 0.1) is 23.3 Å². The number of carbonyl (C=O) groups excluding carboxylic acids is 1. The minimum absolute atomic E-state index is 0.0256. The number of nitroso groups, excluding NO2 is 1. The molecule has 0 atom stereocenters. The molecule has 0 aliphatic rings. The largest absolute Gasteiger partial charge is 0.494 e. The van der Waals surface area contributed by atoms with Gasteiger partial charge in [0.2, 0.25) is 5.88 Å². The van der Waals surface area contributed by atoms with E-state index < -0.39 is 5.91 Å². The molecule has 5 aromatic rings. The summed E-state index contributed by atoms with van der Waals surface area (Å²) in [7, 11) is 0. The number of hydrogen-bond donors (Lipinski definition) is 4. The van der Waals surface area contributed by atoms with E-state index in [1.54, 1.807) is 34.3 Å². The Bertz CT molecular complexity index is 1620. The molecule has 2 aromatic heterocycles. The number of aromatic hydroxyl groups is 1. The number of H-pyrrole nitrogens is 1. The van der Waals surface area contributed by atoms with Crippen LogP contribution in [0.25, 0.3) is 39.1 Å². The number of aromatic amines is 1. The second-order valence-corrected chi connectivity index (χ2v) is 8.42. The van der Waals surface area contributed by atoms with E-state index >= 15 is 0 Å². The summed E-state index contributed by atoms with van der Waals surface area (Å²) < 4.78 is 1.74. The number of hydroxylamine groups is 1. The summed E-state index contributed by atoms with van der Waals surface area (Å²) in [5, 5.41) is 25.1. The molecule has 0 bridgehead atoms. The van der Waals surface area contributed by atoms with Gasteiger partial charge in [0, 0.05) is 27.4 Å². The van der Waals surface area contributed by atoms with Crippen LogP contribution in [0, 0.1) is 4.91 Å². The molecule has 0 aliphatic heterocycles. The SMILES string of the molecule is O=Nc1c(-c2c(O)n(Cc3ccc(/C=C/C(=O)NO)cc3)c3ccc(Cl)cc23)[nH]c2ccccc12. The van der Waals surface area contributed by atoms with E-state index in [1.807, 2.05) is 48.5 Å². The summed E-state index contributed by atoms with van der Waals surface area (Å²) in [4.78, 5) is 26.2. The lowest BCUT2D eigenvalue weighted by molar-refractivity contribution is -0.124. The van der Waals surface area contributed by atoms with Crippen LogP contribution in [0.15, 0.2) is 78.0 Å². The molecule has 5 rings (SSSR count). The molecule has 0 aliphatic carbocycles. The molecule has 0 saturated heterocycles. The van der Waals surface area contributed by atoms with Gasteiger partial charge in [0.15, 0.2) is 0 Å². The number of benzene rings is 3. The molecule has 0 unspecified atom stereocenters. The lowest BCUT2D eigenvalue weighted by Gasteiger charge is -2.08. The Kier molecular flexibility index (Phi) is 5.82. The number of para-hydroxylation sites is 1. The number of aromatic nitrogens is 2. The van der Waals surface area contributed by atoms with Crippen LogP contribution in [0.1, 0.15) is 11.1 Å². The molecule has 2 heterocycles. The number of hydrogen-bond acceptors (Lipinski definition) is 5. The van der Waals surface area contributed by atoms with Crippen LogP contribution in [0.3, 0.4) is 0 Å². The van der Waals surface area contributed by atoms with Crippen molar-refractivity contribution in [3.63, 3.8) is 0 Å². The van der Waals surface area contributed by atoms with Crippen molar-refractivity contribution in [3.8, 4) is 17.1 Å². The average molecular weight is 487 g/mol. The molecule has 1 amide bonds. The van der Waals surface area contributed by atoms with Crippen LogP contribution < -0.4 is 5.48 Å². The van der Waals surface area contributed by atoms with Crippen molar-refractivity contribution >= 4 is 51.1 Å². The molecular weight excluding hydrogens is 468 g/mol. The van der Waals surface area contributed by atoms with E-state index in [-0.39, 0.29) is 11.6 Å². The number of carbonyl (C=O) groups is 1. The molecule has 3 aromatic carbocycles. The smallest absolute Gasteiger partial charge is 0.267 e. The number of fused-ring (bicyclic) bond motifs is 2. The van der Waals surface area contributed by atoms with Gasteiger partial charge in [-0.3, -0.25) is 10.0 Å². The standard InChI is InChI=1S/C26H19ClN4O4/c27-17-10-11-21-19(13-17)23(25-24(30-35)18-3-1-2-4-20(18)28-25)26(33)31(21)14-16-7-5-15(6-8-16)9-12-22(32)29-34/h1-13,28,33-34H,14H2,(H,29,32)/b12-9+. The Morgan fingerprint density at radius 3 is 2.60 bits per heavy atom. The fourth-order valence-corrected chi connectivity index (χ4v) is 4.42. The first-order valence-electron chi connectivity index (χ1n) is 10.7. The van der Waals surface area contributed by atoms with E-state index in [2.05, 4.69) is 10.2 Å². The minimum Gasteiger partial charge on any atom is -0.494 e. The predicted octanol–water partition coefficient (Wildman–Crippen LogP) is 6.11. The summed E-state index contributed by atoms with van der Waals surface area (Å²) in [6, 6.07) is 20.0. The Morgan fingerprint density at radius 2 is 1.86 bits per heavy atom. The van der Waals surface area contributed by atoms with Gasteiger partial charge in [0.1, 0.15) is 5.69 Å². The maximum Gasteiger partial charge on any atom is 0.267 e. The molecule has 0 saturated carbocycles. The monoisotopic (exact) mass is 486 g/mol. The Hall–Kier alpha value is -4.40. The summed E-state index contributed by atoms with van der Waals surface area (Å²) in [6.07, 6.45) is 2.79. The first kappa shape index (κ1) is 22.4. The van der Waals surface area contributed by atoms with Gasteiger partial charge in [-0.25, -0.2) is 5.48 Å². The van der Waals surface area contributed by atoms with Crippen molar-refractivity contribution in [1.82, 2.24) is 15.0 Å². The summed E-state index contributed by atoms with van der Waals surface area (Å²) >= 11 is 6.30. The maximum absolute atomic E-state index is 11.8. The van der Waals surface area contributed by atoms with Crippen LogP contribution in [-0.4, -0.2) is 25.8 Å². The number of amides is 1. The van der Waals surface area contributed by atoms with E-state index in [1.165, 1.54) is 6.08 Å². The van der Waals surface area contributed by atoms with E-state index in [0.717, 1.165) is 22.2 Å². The van der Waals surface area contributed by atoms with Crippen LogP contribution in [0.2, 0.25) is 5.02 Å². The van der Waals surface area contributed by atoms with Gasteiger partial charge in [-0.2, -0.15) is 0 Å². The Labute approximate surface area is 204 Å². The van der Waals surface area contributed by atoms with Crippen molar-refractivity contribution in [1.29, 1.82) is 0 Å². The highest BCUT2D eigenvalue weighted by Gasteiger charge is 2.24. The molecule has 4 N–H and O–H groups in total. The van der Waals surface area contributed by atoms with Gasteiger partial charge < -0.3 is 14.7 Å². The minimum atomic E-state index is -0.620. The summed E-state index contributed by atoms with van der Waals surface area (Å²) in [5.74, 6) is -0.646. The van der Waals surface area contributed by atoms with E-state index in [9.17, 15) is 14.8 Å². The summed E-state index contributed by atoms with van der Waals surface area (Å²) in [6.45, 7) is 0.342. The Morgan fingerprint density at radius 1 is 1.09 bits per heavy atom. The maximum atomic E-state index is 11.8. The normalized spacial score (nSPS) is 11.5. The predicted molar refractivity (Wildman–Crippen MR) is 136 cm³/mol. The van der Waals surface area contributed by atoms with Crippen molar-refractivity contribution in [2.45, 2.75) is 6.54 Å². The number of rotatable bonds is 6. The molecule has 174 valence electrons. The van der Waals surface area contributed by atoms with Crippen LogP contribution >= 0.6 is 11.6 Å². The first-order valence-corrected chi connectivity index (χ1v) is 11.0. The van der Waals surface area contributed by atoms with Crippen molar-refractivity contribution < 1.29 is 15.1 Å². The van der Waals surface area contributed by atoms with Gasteiger partial charge in [-0.15, -0.1) is 4.91 Å². The van der Waals surface area contributed by atoms with Gasteiger partial charge in [0.25, 0.3) is 5.91 Å². The second-order valence-electron chi connectivity index (χ2n) is 7.98. The topological polar surface area (TPSA) is 120 Å². The van der Waals surface area contributed by atoms with Crippen molar-refractivity contribution in [2.24, 2.45) is 5.18 Å². The third kappa shape index (κ3) is 4.05. The zero-order valence-electron chi connectivity index (χ0n) is 18.2. The second kappa shape index (κ2) is 9.09. The highest BCUT2D eigenvalue weighted by atomic mass is 35.5. The highest BCUT2D eigenvalue weighted by molar-refractivity contribution is 6.31. The van der Waals surface area contributed by atoms with Gasteiger partial charge in [-0.05, 0) is 46.6 Å². The van der Waals surface area contributed by atoms with E-state index in [4.69, 9.17) is 16.8 Å². The lowest BCUT2D eigenvalue weighted by atomic mass is 10.1. The Balaban J connectivity index is 1.61. The van der Waals surface area contributed by atoms with Crippen molar-refractivity contribution in [2.75, 3.05) is 0 Å². The molecule has 0 radical (unpaired) electrons. The van der Waals surface area contributed by atoms with Gasteiger partial charge >= 0.3 is 0 Å². The fraction of sp³-hybridized carbons (Fsp3) is 0.0385. The van der Waals surface area contributed by atoms with Crippen molar-refractivity contribution in [3.05, 3.63) is 93.9 Å². The molecule has 0 spiro atoms.